The number of ether oxygens (including phenoxy) is 1. The van der Waals surface area contributed by atoms with Crippen LogP contribution in [0.4, 0.5) is 5.82 Å². The Bertz CT molecular complexity index is 845. The Labute approximate surface area is 139 Å². The molecule has 0 saturated carbocycles. The number of rotatable bonds is 5. The molecule has 1 saturated heterocycles. The largest absolute Gasteiger partial charge is 0.396 e. The standard InChI is InChI=1S/C18H18N4O2/c23-10-18(11-24-12-18)9-20-17-14-5-1-2-6-15(14)21-16(22-17)13-4-3-7-19-8-13/h1-8,23H,9-12H2,(H,20,21,22). The summed E-state index contributed by atoms with van der Waals surface area (Å²) in [7, 11) is 0. The summed E-state index contributed by atoms with van der Waals surface area (Å²) in [5.74, 6) is 1.39. The number of nitrogens with one attached hydrogen (secondary N) is 1. The van der Waals surface area contributed by atoms with Gasteiger partial charge in [-0.2, -0.15) is 0 Å². The molecule has 2 aromatic heterocycles. The van der Waals surface area contributed by atoms with Crippen LogP contribution in [0.2, 0.25) is 0 Å². The molecule has 122 valence electrons. The third-order valence-corrected chi connectivity index (χ3v) is 4.31. The predicted molar refractivity (Wildman–Crippen MR) is 91.6 cm³/mol. The molecule has 3 aromatic rings. The number of hydrogen-bond acceptors (Lipinski definition) is 6. The number of fused-ring (bicyclic) bond motifs is 1. The van der Waals surface area contributed by atoms with Crippen LogP contribution in [0.15, 0.2) is 48.8 Å². The average molecular weight is 322 g/mol. The average Bonchev–Trinajstić information content (AvgIpc) is 2.61. The summed E-state index contributed by atoms with van der Waals surface area (Å²) in [5.41, 5.74) is 1.52. The van der Waals surface area contributed by atoms with Crippen LogP contribution in [0, 0.1) is 5.41 Å². The van der Waals surface area contributed by atoms with Crippen LogP contribution in [0.3, 0.4) is 0 Å². The number of pyridine rings is 1. The lowest BCUT2D eigenvalue weighted by atomic mass is 9.87. The molecule has 0 spiro atoms. The zero-order valence-electron chi connectivity index (χ0n) is 13.1. The van der Waals surface area contributed by atoms with Gasteiger partial charge in [0, 0.05) is 29.9 Å². The first kappa shape index (κ1) is 15.0. The molecule has 1 fully saturated rings. The fourth-order valence-corrected chi connectivity index (χ4v) is 2.75. The van der Waals surface area contributed by atoms with E-state index in [4.69, 9.17) is 4.74 Å². The van der Waals surface area contributed by atoms with Crippen molar-refractivity contribution in [2.45, 2.75) is 0 Å². The molecule has 0 atom stereocenters. The lowest BCUT2D eigenvalue weighted by Crippen LogP contribution is -2.50. The van der Waals surface area contributed by atoms with E-state index in [1.54, 1.807) is 12.4 Å². The summed E-state index contributed by atoms with van der Waals surface area (Å²) in [4.78, 5) is 13.5. The Morgan fingerprint density at radius 1 is 1.12 bits per heavy atom. The van der Waals surface area contributed by atoms with Crippen LogP contribution in [0.25, 0.3) is 22.3 Å². The number of para-hydroxylation sites is 1. The molecule has 4 rings (SSSR count). The molecule has 1 aromatic carbocycles. The minimum absolute atomic E-state index is 0.0957. The van der Waals surface area contributed by atoms with Gasteiger partial charge in [0.25, 0.3) is 0 Å². The Morgan fingerprint density at radius 3 is 2.71 bits per heavy atom. The first-order valence-electron chi connectivity index (χ1n) is 7.89. The van der Waals surface area contributed by atoms with Crippen molar-refractivity contribution in [3.05, 3.63) is 48.8 Å². The van der Waals surface area contributed by atoms with Crippen molar-refractivity contribution >= 4 is 16.7 Å². The van der Waals surface area contributed by atoms with Gasteiger partial charge in [-0.3, -0.25) is 4.98 Å². The molecule has 0 unspecified atom stereocenters. The molecule has 0 amide bonds. The zero-order chi connectivity index (χ0) is 16.4. The van der Waals surface area contributed by atoms with E-state index < -0.39 is 0 Å². The zero-order valence-corrected chi connectivity index (χ0v) is 13.1. The normalized spacial score (nSPS) is 15.9. The van der Waals surface area contributed by atoms with E-state index in [0.717, 1.165) is 22.3 Å². The molecule has 0 radical (unpaired) electrons. The number of aliphatic hydroxyl groups is 1. The molecule has 6 nitrogen and oxygen atoms in total. The van der Waals surface area contributed by atoms with Crippen molar-refractivity contribution in [3.63, 3.8) is 0 Å². The van der Waals surface area contributed by atoms with Gasteiger partial charge in [-0.05, 0) is 24.3 Å². The number of aromatic nitrogens is 3. The van der Waals surface area contributed by atoms with Gasteiger partial charge in [-0.25, -0.2) is 9.97 Å². The molecular formula is C18H18N4O2. The van der Waals surface area contributed by atoms with Crippen LogP contribution in [0.1, 0.15) is 0 Å². The van der Waals surface area contributed by atoms with E-state index in [2.05, 4.69) is 20.3 Å². The maximum atomic E-state index is 9.60. The van der Waals surface area contributed by atoms with Crippen molar-refractivity contribution in [2.75, 3.05) is 31.7 Å². The van der Waals surface area contributed by atoms with Crippen LogP contribution in [-0.4, -0.2) is 46.4 Å². The number of aliphatic hydroxyl groups excluding tert-OH is 1. The Kier molecular flexibility index (Phi) is 3.84. The van der Waals surface area contributed by atoms with Crippen molar-refractivity contribution in [3.8, 4) is 11.4 Å². The summed E-state index contributed by atoms with van der Waals surface area (Å²) in [6.07, 6.45) is 3.48. The van der Waals surface area contributed by atoms with Gasteiger partial charge in [0.15, 0.2) is 5.82 Å². The highest BCUT2D eigenvalue weighted by Gasteiger charge is 2.38. The third-order valence-electron chi connectivity index (χ3n) is 4.31. The van der Waals surface area contributed by atoms with Crippen LogP contribution in [0.5, 0.6) is 0 Å². The molecule has 1 aliphatic heterocycles. The van der Waals surface area contributed by atoms with Gasteiger partial charge in [0.05, 0.1) is 30.8 Å². The first-order valence-corrected chi connectivity index (χ1v) is 7.89. The highest BCUT2D eigenvalue weighted by atomic mass is 16.5. The second-order valence-electron chi connectivity index (χ2n) is 6.16. The topological polar surface area (TPSA) is 80.2 Å². The molecule has 3 heterocycles. The van der Waals surface area contributed by atoms with Gasteiger partial charge in [-0.1, -0.05) is 12.1 Å². The van der Waals surface area contributed by atoms with Crippen molar-refractivity contribution < 1.29 is 9.84 Å². The van der Waals surface area contributed by atoms with Gasteiger partial charge >= 0.3 is 0 Å². The second-order valence-corrected chi connectivity index (χ2v) is 6.16. The van der Waals surface area contributed by atoms with Crippen LogP contribution < -0.4 is 5.32 Å². The maximum Gasteiger partial charge on any atom is 0.163 e. The predicted octanol–water partition coefficient (Wildman–Crippen LogP) is 2.11. The second kappa shape index (κ2) is 6.14. The Balaban J connectivity index is 1.72. The van der Waals surface area contributed by atoms with Gasteiger partial charge < -0.3 is 15.2 Å². The third kappa shape index (κ3) is 2.70. The van der Waals surface area contributed by atoms with E-state index in [1.165, 1.54) is 0 Å². The lowest BCUT2D eigenvalue weighted by Gasteiger charge is -2.40. The van der Waals surface area contributed by atoms with Crippen LogP contribution in [-0.2, 0) is 4.74 Å². The Morgan fingerprint density at radius 2 is 2.00 bits per heavy atom. The molecule has 2 N–H and O–H groups in total. The van der Waals surface area contributed by atoms with Crippen molar-refractivity contribution in [1.82, 2.24) is 15.0 Å². The number of nitrogens with zero attached hydrogens (tertiary/aromatic N) is 3. The highest BCUT2D eigenvalue weighted by molar-refractivity contribution is 5.90. The van der Waals surface area contributed by atoms with Crippen molar-refractivity contribution in [1.29, 1.82) is 0 Å². The number of benzene rings is 1. The summed E-state index contributed by atoms with van der Waals surface area (Å²) in [6, 6.07) is 11.7. The fraction of sp³-hybridized carbons (Fsp3) is 0.278. The van der Waals surface area contributed by atoms with E-state index in [9.17, 15) is 5.11 Å². The van der Waals surface area contributed by atoms with E-state index in [-0.39, 0.29) is 12.0 Å². The maximum absolute atomic E-state index is 9.60. The minimum Gasteiger partial charge on any atom is -0.396 e. The Hall–Kier alpha value is -2.57. The molecule has 24 heavy (non-hydrogen) atoms. The highest BCUT2D eigenvalue weighted by Crippen LogP contribution is 2.29. The summed E-state index contributed by atoms with van der Waals surface area (Å²) in [5, 5.41) is 13.9. The molecule has 0 bridgehead atoms. The molecule has 0 aliphatic carbocycles. The monoisotopic (exact) mass is 322 g/mol. The van der Waals surface area contributed by atoms with Crippen molar-refractivity contribution in [2.24, 2.45) is 5.41 Å². The summed E-state index contributed by atoms with van der Waals surface area (Å²) in [6.45, 7) is 1.83. The molecule has 1 aliphatic rings. The fourth-order valence-electron chi connectivity index (χ4n) is 2.75. The van der Waals surface area contributed by atoms with Gasteiger partial charge in [0.2, 0.25) is 0 Å². The number of hydrogen-bond donors (Lipinski definition) is 2. The van der Waals surface area contributed by atoms with Gasteiger partial charge in [0.1, 0.15) is 5.82 Å². The smallest absolute Gasteiger partial charge is 0.163 e. The van der Waals surface area contributed by atoms with E-state index in [1.807, 2.05) is 36.4 Å². The van der Waals surface area contributed by atoms with E-state index in [0.29, 0.717) is 25.6 Å². The summed E-state index contributed by atoms with van der Waals surface area (Å²) < 4.78 is 5.26. The first-order chi connectivity index (χ1) is 11.8. The molecule has 6 heteroatoms. The quantitative estimate of drug-likeness (QED) is 0.749. The molecular weight excluding hydrogens is 304 g/mol. The minimum atomic E-state index is -0.222. The summed E-state index contributed by atoms with van der Waals surface area (Å²) >= 11 is 0. The lowest BCUT2D eigenvalue weighted by molar-refractivity contribution is -0.128. The number of anilines is 1. The van der Waals surface area contributed by atoms with Gasteiger partial charge in [-0.15, -0.1) is 0 Å². The SMILES string of the molecule is OCC1(CNc2nc(-c3cccnc3)nc3ccccc23)COC1. The van der Waals surface area contributed by atoms with Crippen LogP contribution >= 0.6 is 0 Å². The van der Waals surface area contributed by atoms with E-state index >= 15 is 0 Å².